The Bertz CT molecular complexity index is 767. The molecule has 1 unspecified atom stereocenters. The number of ether oxygens (including phenoxy) is 1. The van der Waals surface area contributed by atoms with Crippen molar-refractivity contribution in [1.82, 2.24) is 19.4 Å². The van der Waals surface area contributed by atoms with Crippen LogP contribution in [0.4, 0.5) is 0 Å². The topological polar surface area (TPSA) is 60.2 Å². The lowest BCUT2D eigenvalue weighted by Gasteiger charge is -2.26. The van der Waals surface area contributed by atoms with Crippen LogP contribution in [0, 0.1) is 11.8 Å². The van der Waals surface area contributed by atoms with Gasteiger partial charge in [-0.25, -0.2) is 4.98 Å². The van der Waals surface area contributed by atoms with Crippen LogP contribution < -0.4 is 0 Å². The van der Waals surface area contributed by atoms with Gasteiger partial charge in [0.1, 0.15) is 0 Å². The largest absolute Gasteiger partial charge is 0.381 e. The second kappa shape index (κ2) is 7.58. The Kier molecular flexibility index (Phi) is 5.02. The summed E-state index contributed by atoms with van der Waals surface area (Å²) >= 11 is 0. The average Bonchev–Trinajstić information content (AvgIpc) is 3.31. The van der Waals surface area contributed by atoms with Crippen LogP contribution in [0.1, 0.15) is 25.0 Å². The number of carbonyl (C=O) groups excluding carboxylic acids is 1. The summed E-state index contributed by atoms with van der Waals surface area (Å²) < 4.78 is 7.36. The van der Waals surface area contributed by atoms with E-state index >= 15 is 0 Å². The molecule has 0 aromatic carbocycles. The second-order valence-electron chi connectivity index (χ2n) is 7.43. The molecule has 4 rings (SSSR count). The van der Waals surface area contributed by atoms with Gasteiger partial charge in [-0.1, -0.05) is 6.07 Å². The normalized spacial score (nSPS) is 21.3. The molecule has 4 heterocycles. The molecule has 0 spiro atoms. The van der Waals surface area contributed by atoms with E-state index in [9.17, 15) is 4.79 Å². The first-order valence-corrected chi connectivity index (χ1v) is 9.50. The molecule has 2 aromatic heterocycles. The maximum atomic E-state index is 12.7. The predicted molar refractivity (Wildman–Crippen MR) is 98.4 cm³/mol. The van der Waals surface area contributed by atoms with Gasteiger partial charge in [0.2, 0.25) is 5.91 Å². The highest BCUT2D eigenvalue weighted by Gasteiger charge is 2.31. The molecule has 0 bridgehead atoms. The molecule has 0 N–H and O–H groups in total. The van der Waals surface area contributed by atoms with Gasteiger partial charge in [-0.05, 0) is 43.7 Å². The smallest absolute Gasteiger partial charge is 0.225 e. The van der Waals surface area contributed by atoms with Crippen LogP contribution in [0.15, 0.2) is 30.7 Å². The lowest BCUT2D eigenvalue weighted by Crippen LogP contribution is -2.37. The average molecular weight is 354 g/mol. The third kappa shape index (κ3) is 3.65. The van der Waals surface area contributed by atoms with Crippen LogP contribution in [0.25, 0.3) is 11.4 Å². The van der Waals surface area contributed by atoms with Crippen molar-refractivity contribution in [2.75, 3.05) is 26.3 Å². The summed E-state index contributed by atoms with van der Waals surface area (Å²) in [7, 11) is 1.98. The van der Waals surface area contributed by atoms with Crippen molar-refractivity contribution in [1.29, 1.82) is 0 Å². The van der Waals surface area contributed by atoms with E-state index < -0.39 is 0 Å². The van der Waals surface area contributed by atoms with E-state index in [4.69, 9.17) is 9.72 Å². The summed E-state index contributed by atoms with van der Waals surface area (Å²) in [6, 6.07) is 6.17. The molecule has 1 atom stereocenters. The molecule has 2 fully saturated rings. The third-order valence-corrected chi connectivity index (χ3v) is 5.55. The molecule has 6 heteroatoms. The Balaban J connectivity index is 1.38. The summed E-state index contributed by atoms with van der Waals surface area (Å²) in [6.45, 7) is 3.17. The Labute approximate surface area is 154 Å². The fraction of sp³-hybridized carbons (Fsp3) is 0.550. The third-order valence-electron chi connectivity index (χ3n) is 5.55. The van der Waals surface area contributed by atoms with Crippen molar-refractivity contribution in [2.24, 2.45) is 18.9 Å². The molecule has 0 aliphatic carbocycles. The zero-order valence-electron chi connectivity index (χ0n) is 15.3. The van der Waals surface area contributed by atoms with Gasteiger partial charge in [0.05, 0.1) is 23.9 Å². The number of hydrogen-bond acceptors (Lipinski definition) is 4. The molecule has 2 aliphatic rings. The fourth-order valence-electron chi connectivity index (χ4n) is 4.04. The van der Waals surface area contributed by atoms with Crippen molar-refractivity contribution in [3.63, 3.8) is 0 Å². The Hall–Kier alpha value is -2.21. The standard InChI is InChI=1S/C20H26N4O2/c1-23-14-21-12-19(23)18-4-2-3-17(22-18)11-15-5-8-24(13-15)20(25)16-6-9-26-10-7-16/h2-4,12,14-16H,5-11,13H2,1H3. The number of likely N-dealkylation sites (tertiary alicyclic amines) is 1. The first kappa shape index (κ1) is 17.2. The molecular formula is C20H26N4O2. The van der Waals surface area contributed by atoms with Crippen LogP contribution in [0.3, 0.4) is 0 Å². The highest BCUT2D eigenvalue weighted by Crippen LogP contribution is 2.25. The minimum absolute atomic E-state index is 0.161. The van der Waals surface area contributed by atoms with Crippen molar-refractivity contribution in [3.05, 3.63) is 36.4 Å². The maximum Gasteiger partial charge on any atom is 0.225 e. The van der Waals surface area contributed by atoms with E-state index in [1.807, 2.05) is 23.9 Å². The summed E-state index contributed by atoms with van der Waals surface area (Å²) in [6.07, 6.45) is 7.36. The molecule has 2 aliphatic heterocycles. The number of hydrogen-bond donors (Lipinski definition) is 0. The van der Waals surface area contributed by atoms with E-state index in [-0.39, 0.29) is 5.92 Å². The van der Waals surface area contributed by atoms with Gasteiger partial charge in [-0.3, -0.25) is 9.78 Å². The number of amides is 1. The minimum atomic E-state index is 0.161. The molecule has 2 saturated heterocycles. The van der Waals surface area contributed by atoms with Crippen LogP contribution in [0.5, 0.6) is 0 Å². The lowest BCUT2D eigenvalue weighted by atomic mass is 9.98. The van der Waals surface area contributed by atoms with Gasteiger partial charge >= 0.3 is 0 Å². The van der Waals surface area contributed by atoms with Crippen molar-refractivity contribution < 1.29 is 9.53 Å². The molecule has 26 heavy (non-hydrogen) atoms. The number of rotatable bonds is 4. The number of carbonyl (C=O) groups is 1. The minimum Gasteiger partial charge on any atom is -0.381 e. The molecule has 0 radical (unpaired) electrons. The summed E-state index contributed by atoms with van der Waals surface area (Å²) in [5.41, 5.74) is 3.07. The first-order valence-electron chi connectivity index (χ1n) is 9.50. The van der Waals surface area contributed by atoms with Gasteiger partial charge in [0, 0.05) is 45.0 Å². The van der Waals surface area contributed by atoms with Crippen molar-refractivity contribution in [2.45, 2.75) is 25.7 Å². The van der Waals surface area contributed by atoms with Crippen molar-refractivity contribution in [3.8, 4) is 11.4 Å². The zero-order chi connectivity index (χ0) is 17.9. The van der Waals surface area contributed by atoms with Gasteiger partial charge in [-0.2, -0.15) is 0 Å². The number of aromatic nitrogens is 3. The van der Waals surface area contributed by atoms with E-state index in [0.717, 1.165) is 69.1 Å². The molecule has 2 aromatic rings. The summed E-state index contributed by atoms with van der Waals surface area (Å²) in [5, 5.41) is 0. The van der Waals surface area contributed by atoms with Gasteiger partial charge in [0.25, 0.3) is 0 Å². The SMILES string of the molecule is Cn1cncc1-c1cccc(CC2CCN(C(=O)C3CCOCC3)C2)n1. The molecule has 6 nitrogen and oxygen atoms in total. The highest BCUT2D eigenvalue weighted by atomic mass is 16.5. The summed E-state index contributed by atoms with van der Waals surface area (Å²) in [5.74, 6) is 0.981. The van der Waals surface area contributed by atoms with E-state index in [0.29, 0.717) is 11.8 Å². The van der Waals surface area contributed by atoms with Gasteiger partial charge in [-0.15, -0.1) is 0 Å². The first-order chi connectivity index (χ1) is 12.7. The Morgan fingerprint density at radius 1 is 1.27 bits per heavy atom. The van der Waals surface area contributed by atoms with Gasteiger partial charge < -0.3 is 14.2 Å². The van der Waals surface area contributed by atoms with E-state index in [1.165, 1.54) is 0 Å². The Morgan fingerprint density at radius 2 is 2.12 bits per heavy atom. The van der Waals surface area contributed by atoms with Crippen molar-refractivity contribution >= 4 is 5.91 Å². The lowest BCUT2D eigenvalue weighted by molar-refractivity contribution is -0.137. The number of nitrogens with zero attached hydrogens (tertiary/aromatic N) is 4. The fourth-order valence-corrected chi connectivity index (χ4v) is 4.04. The zero-order valence-corrected chi connectivity index (χ0v) is 15.3. The monoisotopic (exact) mass is 354 g/mol. The molecule has 1 amide bonds. The molecule has 138 valence electrons. The van der Waals surface area contributed by atoms with E-state index in [2.05, 4.69) is 22.0 Å². The van der Waals surface area contributed by atoms with Gasteiger partial charge in [0.15, 0.2) is 0 Å². The Morgan fingerprint density at radius 3 is 2.88 bits per heavy atom. The number of pyridine rings is 1. The van der Waals surface area contributed by atoms with Crippen LogP contribution in [0.2, 0.25) is 0 Å². The predicted octanol–water partition coefficient (Wildman–Crippen LogP) is 2.30. The molecular weight excluding hydrogens is 328 g/mol. The number of imidazole rings is 1. The van der Waals surface area contributed by atoms with Crippen LogP contribution >= 0.6 is 0 Å². The highest BCUT2D eigenvalue weighted by molar-refractivity contribution is 5.79. The molecule has 0 saturated carbocycles. The summed E-state index contributed by atoms with van der Waals surface area (Å²) in [4.78, 5) is 23.7. The van der Waals surface area contributed by atoms with E-state index in [1.54, 1.807) is 6.33 Å². The maximum absolute atomic E-state index is 12.7. The number of aryl methyl sites for hydroxylation is 1. The van der Waals surface area contributed by atoms with Crippen LogP contribution in [-0.4, -0.2) is 51.6 Å². The quantitative estimate of drug-likeness (QED) is 0.845. The second-order valence-corrected chi connectivity index (χ2v) is 7.43. The van der Waals surface area contributed by atoms with Crippen LogP contribution in [-0.2, 0) is 23.0 Å².